The zero-order valence-electron chi connectivity index (χ0n) is 10.2. The van der Waals surface area contributed by atoms with Crippen molar-refractivity contribution in [2.24, 2.45) is 0 Å². The van der Waals surface area contributed by atoms with Gasteiger partial charge in [-0.05, 0) is 24.1 Å². The molecule has 18 heavy (non-hydrogen) atoms. The van der Waals surface area contributed by atoms with Crippen LogP contribution in [0.2, 0.25) is 0 Å². The molecule has 102 valence electrons. The van der Waals surface area contributed by atoms with Gasteiger partial charge < -0.3 is 5.11 Å². The van der Waals surface area contributed by atoms with Gasteiger partial charge >= 0.3 is 0 Å². The largest absolute Gasteiger partial charge is 0.386 e. The first kappa shape index (κ1) is 15.6. The number of aliphatic hydroxyl groups excluding tert-OH is 1. The first-order valence-corrected chi connectivity index (χ1v) is 8.07. The summed E-state index contributed by atoms with van der Waals surface area (Å²) in [4.78, 5) is 0. The maximum Gasteiger partial charge on any atom is 0.168 e. The summed E-state index contributed by atoms with van der Waals surface area (Å²) in [5, 5.41) is 10.2. The molecule has 0 amide bonds. The highest BCUT2D eigenvalue weighted by Gasteiger charge is 2.45. The van der Waals surface area contributed by atoms with Gasteiger partial charge in [-0.1, -0.05) is 41.9 Å². The number of alkyl halides is 1. The van der Waals surface area contributed by atoms with Gasteiger partial charge in [0.1, 0.15) is 11.9 Å². The Hall–Kier alpha value is -0.460. The second-order valence-electron chi connectivity index (χ2n) is 4.00. The summed E-state index contributed by atoms with van der Waals surface area (Å²) >= 11 is 3.16. The van der Waals surface area contributed by atoms with Crippen molar-refractivity contribution in [3.05, 3.63) is 35.6 Å². The molecule has 2 atom stereocenters. The molecule has 1 N–H and O–H groups in total. The SMILES string of the molecule is CCC(Br)(C(O)c1ccc(F)cc1)S(=O)(=O)CC. The summed E-state index contributed by atoms with van der Waals surface area (Å²) < 4.78 is 35.5. The molecule has 0 spiro atoms. The van der Waals surface area contributed by atoms with Crippen molar-refractivity contribution in [2.45, 2.75) is 30.0 Å². The van der Waals surface area contributed by atoms with E-state index in [4.69, 9.17) is 0 Å². The molecular formula is C12H16BrFO3S. The van der Waals surface area contributed by atoms with Crippen LogP contribution in [0.1, 0.15) is 31.9 Å². The Morgan fingerprint density at radius 2 is 1.83 bits per heavy atom. The average molecular weight is 339 g/mol. The van der Waals surface area contributed by atoms with Crippen LogP contribution in [-0.2, 0) is 9.84 Å². The molecule has 0 fully saturated rings. The molecule has 1 rings (SSSR count). The summed E-state index contributed by atoms with van der Waals surface area (Å²) in [7, 11) is -3.49. The van der Waals surface area contributed by atoms with Gasteiger partial charge in [0.15, 0.2) is 13.5 Å². The molecule has 0 heterocycles. The number of sulfone groups is 1. The minimum atomic E-state index is -3.49. The van der Waals surface area contributed by atoms with Crippen molar-refractivity contribution in [1.82, 2.24) is 0 Å². The fourth-order valence-electron chi connectivity index (χ4n) is 1.72. The Balaban J connectivity index is 3.21. The second kappa shape index (κ2) is 5.67. The van der Waals surface area contributed by atoms with E-state index in [1.54, 1.807) is 6.92 Å². The van der Waals surface area contributed by atoms with Crippen LogP contribution in [0.25, 0.3) is 0 Å². The zero-order chi connectivity index (χ0) is 14.0. The normalized spacial score (nSPS) is 17.2. The highest BCUT2D eigenvalue weighted by molar-refractivity contribution is 9.11. The standard InChI is InChI=1S/C12H16BrFO3S/c1-3-12(13,18(16,17)4-2)11(15)9-5-7-10(14)8-6-9/h5-8,11,15H,3-4H2,1-2H3. The molecule has 0 aliphatic carbocycles. The molecular weight excluding hydrogens is 323 g/mol. The van der Waals surface area contributed by atoms with E-state index in [2.05, 4.69) is 15.9 Å². The number of halogens is 2. The monoisotopic (exact) mass is 338 g/mol. The Kier molecular flexibility index (Phi) is 4.91. The number of aliphatic hydroxyl groups is 1. The van der Waals surface area contributed by atoms with E-state index in [9.17, 15) is 17.9 Å². The fourth-order valence-corrected chi connectivity index (χ4v) is 4.06. The lowest BCUT2D eigenvalue weighted by Crippen LogP contribution is -2.39. The molecule has 1 aromatic carbocycles. The van der Waals surface area contributed by atoms with Crippen LogP contribution < -0.4 is 0 Å². The van der Waals surface area contributed by atoms with Gasteiger partial charge in [0.25, 0.3) is 0 Å². The van der Waals surface area contributed by atoms with E-state index < -0.39 is 25.4 Å². The number of hydrogen-bond donors (Lipinski definition) is 1. The Labute approximate surface area is 115 Å². The molecule has 0 aliphatic heterocycles. The van der Waals surface area contributed by atoms with Gasteiger partial charge in [-0.3, -0.25) is 0 Å². The first-order valence-electron chi connectivity index (χ1n) is 5.63. The lowest BCUT2D eigenvalue weighted by molar-refractivity contribution is 0.160. The highest BCUT2D eigenvalue weighted by atomic mass is 79.9. The van der Waals surface area contributed by atoms with Crippen LogP contribution >= 0.6 is 15.9 Å². The van der Waals surface area contributed by atoms with Crippen molar-refractivity contribution in [2.75, 3.05) is 5.75 Å². The molecule has 6 heteroatoms. The van der Waals surface area contributed by atoms with E-state index in [0.717, 1.165) is 0 Å². The van der Waals surface area contributed by atoms with Gasteiger partial charge in [0.2, 0.25) is 0 Å². The van der Waals surface area contributed by atoms with Crippen LogP contribution in [-0.4, -0.2) is 22.9 Å². The topological polar surface area (TPSA) is 54.4 Å². The number of benzene rings is 1. The predicted octanol–water partition coefficient (Wildman–Crippen LogP) is 2.80. The van der Waals surface area contributed by atoms with Crippen molar-refractivity contribution in [3.8, 4) is 0 Å². The van der Waals surface area contributed by atoms with Crippen LogP contribution in [0.15, 0.2) is 24.3 Å². The fraction of sp³-hybridized carbons (Fsp3) is 0.500. The third-order valence-corrected chi connectivity index (χ3v) is 7.75. The molecule has 0 saturated carbocycles. The van der Waals surface area contributed by atoms with Gasteiger partial charge in [0.05, 0.1) is 0 Å². The maximum atomic E-state index is 12.8. The maximum absolute atomic E-state index is 12.8. The lowest BCUT2D eigenvalue weighted by atomic mass is 10.0. The van der Waals surface area contributed by atoms with Crippen LogP contribution in [0.5, 0.6) is 0 Å². The molecule has 1 aromatic rings. The Morgan fingerprint density at radius 1 is 1.33 bits per heavy atom. The van der Waals surface area contributed by atoms with Crippen molar-refractivity contribution >= 4 is 25.8 Å². The summed E-state index contributed by atoms with van der Waals surface area (Å²) in [6.45, 7) is 3.20. The van der Waals surface area contributed by atoms with E-state index in [1.807, 2.05) is 0 Å². The zero-order valence-corrected chi connectivity index (χ0v) is 12.6. The van der Waals surface area contributed by atoms with Gasteiger partial charge in [0, 0.05) is 5.75 Å². The summed E-state index contributed by atoms with van der Waals surface area (Å²) in [5.41, 5.74) is 0.368. The summed E-state index contributed by atoms with van der Waals surface area (Å²) in [5.74, 6) is -0.509. The number of hydrogen-bond acceptors (Lipinski definition) is 3. The van der Waals surface area contributed by atoms with E-state index >= 15 is 0 Å². The molecule has 0 saturated heterocycles. The molecule has 0 aliphatic rings. The van der Waals surface area contributed by atoms with Crippen LogP contribution in [0, 0.1) is 5.82 Å². The molecule has 2 unspecified atom stereocenters. The van der Waals surface area contributed by atoms with Crippen LogP contribution in [0.3, 0.4) is 0 Å². The molecule has 0 bridgehead atoms. The molecule has 3 nitrogen and oxygen atoms in total. The van der Waals surface area contributed by atoms with Crippen LogP contribution in [0.4, 0.5) is 4.39 Å². The van der Waals surface area contributed by atoms with E-state index in [-0.39, 0.29) is 12.2 Å². The third-order valence-electron chi connectivity index (χ3n) is 2.97. The minimum Gasteiger partial charge on any atom is -0.386 e. The summed E-state index contributed by atoms with van der Waals surface area (Å²) in [6.07, 6.45) is -1.03. The van der Waals surface area contributed by atoms with Crippen molar-refractivity contribution in [1.29, 1.82) is 0 Å². The highest BCUT2D eigenvalue weighted by Crippen LogP contribution is 2.41. The summed E-state index contributed by atoms with van der Waals surface area (Å²) in [6, 6.07) is 5.16. The van der Waals surface area contributed by atoms with Crippen molar-refractivity contribution in [3.63, 3.8) is 0 Å². The third kappa shape index (κ3) is 2.75. The Bertz CT molecular complexity index is 501. The smallest absolute Gasteiger partial charge is 0.168 e. The minimum absolute atomic E-state index is 0.0790. The second-order valence-corrected chi connectivity index (χ2v) is 8.47. The lowest BCUT2D eigenvalue weighted by Gasteiger charge is -2.31. The quantitative estimate of drug-likeness (QED) is 0.840. The Morgan fingerprint density at radius 3 is 2.22 bits per heavy atom. The van der Waals surface area contributed by atoms with Crippen molar-refractivity contribution < 1.29 is 17.9 Å². The van der Waals surface area contributed by atoms with E-state index in [0.29, 0.717) is 5.56 Å². The number of rotatable bonds is 5. The molecule has 0 aromatic heterocycles. The van der Waals surface area contributed by atoms with Gasteiger partial charge in [-0.2, -0.15) is 0 Å². The average Bonchev–Trinajstić information content (AvgIpc) is 2.37. The molecule has 0 radical (unpaired) electrons. The van der Waals surface area contributed by atoms with Gasteiger partial charge in [-0.25, -0.2) is 12.8 Å². The van der Waals surface area contributed by atoms with Gasteiger partial charge in [-0.15, -0.1) is 0 Å². The van der Waals surface area contributed by atoms with E-state index in [1.165, 1.54) is 31.2 Å². The first-order chi connectivity index (χ1) is 8.28. The predicted molar refractivity (Wildman–Crippen MR) is 72.8 cm³/mol.